The molecule has 0 unspecified atom stereocenters. The molecule has 2 atom stereocenters. The van der Waals surface area contributed by atoms with E-state index in [4.69, 9.17) is 0 Å². The summed E-state index contributed by atoms with van der Waals surface area (Å²) >= 11 is 0. The summed E-state index contributed by atoms with van der Waals surface area (Å²) in [4.78, 5) is 20.8. The molecular weight excluding hydrogens is 204 g/mol. The maximum Gasteiger partial charge on any atom is 0.252 e. The Morgan fingerprint density at radius 3 is 3.19 bits per heavy atom. The lowest BCUT2D eigenvalue weighted by atomic mass is 10.1. The summed E-state index contributed by atoms with van der Waals surface area (Å²) in [7, 11) is 0. The fourth-order valence-electron chi connectivity index (χ4n) is 2.84. The first kappa shape index (κ1) is 9.84. The minimum absolute atomic E-state index is 0.0584. The zero-order valence-corrected chi connectivity index (χ0v) is 9.36. The highest BCUT2D eigenvalue weighted by atomic mass is 16.1. The first-order valence-electron chi connectivity index (χ1n) is 5.79. The predicted molar refractivity (Wildman–Crippen MR) is 61.7 cm³/mol. The van der Waals surface area contributed by atoms with Crippen LogP contribution in [0.2, 0.25) is 0 Å². The number of hydrogen-bond donors (Lipinski definition) is 2. The van der Waals surface area contributed by atoms with E-state index in [2.05, 4.69) is 20.2 Å². The third kappa shape index (κ3) is 1.51. The van der Waals surface area contributed by atoms with Gasteiger partial charge in [0.15, 0.2) is 0 Å². The van der Waals surface area contributed by atoms with E-state index in [9.17, 15) is 4.79 Å². The number of aromatic nitrogens is 2. The van der Waals surface area contributed by atoms with Gasteiger partial charge in [0.25, 0.3) is 5.56 Å². The van der Waals surface area contributed by atoms with Crippen LogP contribution in [0.5, 0.6) is 0 Å². The smallest absolute Gasteiger partial charge is 0.252 e. The van der Waals surface area contributed by atoms with Gasteiger partial charge in [-0.25, -0.2) is 4.98 Å². The lowest BCUT2D eigenvalue weighted by Gasteiger charge is -2.24. The van der Waals surface area contributed by atoms with E-state index in [0.29, 0.717) is 11.9 Å². The molecule has 2 saturated heterocycles. The summed E-state index contributed by atoms with van der Waals surface area (Å²) in [6.07, 6.45) is 1.20. The van der Waals surface area contributed by atoms with Gasteiger partial charge in [-0.3, -0.25) is 4.79 Å². The molecule has 0 amide bonds. The minimum Gasteiger partial charge on any atom is -0.352 e. The third-order valence-electron chi connectivity index (χ3n) is 3.59. The van der Waals surface area contributed by atoms with E-state index < -0.39 is 0 Å². The number of nitrogens with zero attached hydrogens (tertiary/aromatic N) is 2. The SMILES string of the molecule is Cc1nc(N2CC[C@H]3CNC[C@H]32)cc(=O)[nH]1. The maximum absolute atomic E-state index is 11.4. The van der Waals surface area contributed by atoms with Crippen LogP contribution in [0.3, 0.4) is 0 Å². The molecule has 2 fully saturated rings. The molecule has 0 saturated carbocycles. The van der Waals surface area contributed by atoms with Crippen molar-refractivity contribution in [2.24, 2.45) is 5.92 Å². The number of fused-ring (bicyclic) bond motifs is 1. The molecule has 2 N–H and O–H groups in total. The Bertz CT molecular complexity index is 456. The summed E-state index contributed by atoms with van der Waals surface area (Å²) < 4.78 is 0. The van der Waals surface area contributed by atoms with Gasteiger partial charge in [-0.1, -0.05) is 0 Å². The molecule has 16 heavy (non-hydrogen) atoms. The van der Waals surface area contributed by atoms with Crippen molar-refractivity contribution in [2.75, 3.05) is 24.5 Å². The average Bonchev–Trinajstić information content (AvgIpc) is 2.75. The maximum atomic E-state index is 11.4. The largest absolute Gasteiger partial charge is 0.352 e. The Balaban J connectivity index is 1.94. The summed E-state index contributed by atoms with van der Waals surface area (Å²) in [5.74, 6) is 2.25. The Labute approximate surface area is 93.9 Å². The van der Waals surface area contributed by atoms with E-state index >= 15 is 0 Å². The number of H-pyrrole nitrogens is 1. The molecule has 5 heteroatoms. The summed E-state index contributed by atoms with van der Waals surface area (Å²) in [6.45, 7) is 4.96. The number of hydrogen-bond acceptors (Lipinski definition) is 4. The average molecular weight is 220 g/mol. The zero-order chi connectivity index (χ0) is 11.1. The Kier molecular flexibility index (Phi) is 2.21. The highest BCUT2D eigenvalue weighted by molar-refractivity contribution is 5.41. The minimum atomic E-state index is -0.0584. The number of aromatic amines is 1. The van der Waals surface area contributed by atoms with Gasteiger partial charge in [0, 0.05) is 31.7 Å². The second kappa shape index (κ2) is 3.59. The first-order chi connectivity index (χ1) is 7.74. The van der Waals surface area contributed by atoms with Crippen molar-refractivity contribution in [3.8, 4) is 0 Å². The number of nitrogens with one attached hydrogen (secondary N) is 2. The van der Waals surface area contributed by atoms with Gasteiger partial charge in [-0.05, 0) is 19.3 Å². The fraction of sp³-hybridized carbons (Fsp3) is 0.636. The van der Waals surface area contributed by atoms with E-state index in [1.54, 1.807) is 6.07 Å². The third-order valence-corrected chi connectivity index (χ3v) is 3.59. The first-order valence-corrected chi connectivity index (χ1v) is 5.79. The van der Waals surface area contributed by atoms with Gasteiger partial charge in [0.05, 0.1) is 0 Å². The standard InChI is InChI=1S/C11H16N4O/c1-7-13-10(4-11(16)14-7)15-3-2-8-5-12-6-9(8)15/h4,8-9,12H,2-3,5-6H2,1H3,(H,13,14,16)/t8-,9+/m0/s1. The number of aryl methyl sites for hydroxylation is 1. The van der Waals surface area contributed by atoms with E-state index in [0.717, 1.165) is 31.4 Å². The van der Waals surface area contributed by atoms with E-state index in [1.165, 1.54) is 6.42 Å². The number of rotatable bonds is 1. The number of anilines is 1. The van der Waals surface area contributed by atoms with Crippen molar-refractivity contribution in [2.45, 2.75) is 19.4 Å². The molecule has 1 aromatic heterocycles. The quantitative estimate of drug-likeness (QED) is 0.692. The molecule has 1 aromatic rings. The van der Waals surface area contributed by atoms with Crippen molar-refractivity contribution < 1.29 is 0 Å². The van der Waals surface area contributed by atoms with Gasteiger partial charge in [-0.15, -0.1) is 0 Å². The van der Waals surface area contributed by atoms with Crippen molar-refractivity contribution in [3.05, 3.63) is 22.2 Å². The highest BCUT2D eigenvalue weighted by Crippen LogP contribution is 2.30. The second-order valence-electron chi connectivity index (χ2n) is 4.66. The molecule has 0 aromatic carbocycles. The van der Waals surface area contributed by atoms with Crippen molar-refractivity contribution in [1.82, 2.24) is 15.3 Å². The molecule has 0 radical (unpaired) electrons. The second-order valence-corrected chi connectivity index (χ2v) is 4.66. The van der Waals surface area contributed by atoms with Crippen molar-refractivity contribution in [1.29, 1.82) is 0 Å². The molecular formula is C11H16N4O. The van der Waals surface area contributed by atoms with Gasteiger partial charge >= 0.3 is 0 Å². The van der Waals surface area contributed by atoms with Gasteiger partial charge in [0.2, 0.25) is 0 Å². The van der Waals surface area contributed by atoms with Crippen LogP contribution in [-0.2, 0) is 0 Å². The van der Waals surface area contributed by atoms with Crippen LogP contribution in [0.1, 0.15) is 12.2 Å². The molecule has 0 spiro atoms. The van der Waals surface area contributed by atoms with Gasteiger partial charge in [-0.2, -0.15) is 0 Å². The fourth-order valence-corrected chi connectivity index (χ4v) is 2.84. The molecule has 5 nitrogen and oxygen atoms in total. The topological polar surface area (TPSA) is 61.0 Å². The molecule has 3 rings (SSSR count). The monoisotopic (exact) mass is 220 g/mol. The van der Waals surface area contributed by atoms with E-state index in [-0.39, 0.29) is 5.56 Å². The van der Waals surface area contributed by atoms with Crippen LogP contribution in [0.4, 0.5) is 5.82 Å². The van der Waals surface area contributed by atoms with Crippen LogP contribution in [-0.4, -0.2) is 35.6 Å². The van der Waals surface area contributed by atoms with Crippen molar-refractivity contribution in [3.63, 3.8) is 0 Å². The Morgan fingerprint density at radius 1 is 1.50 bits per heavy atom. The van der Waals surface area contributed by atoms with Gasteiger partial charge < -0.3 is 15.2 Å². The highest BCUT2D eigenvalue weighted by Gasteiger charge is 2.38. The molecule has 86 valence electrons. The van der Waals surface area contributed by atoms with Crippen LogP contribution >= 0.6 is 0 Å². The molecule has 2 aliphatic heterocycles. The zero-order valence-electron chi connectivity index (χ0n) is 9.36. The summed E-state index contributed by atoms with van der Waals surface area (Å²) in [5.41, 5.74) is -0.0584. The van der Waals surface area contributed by atoms with Crippen LogP contribution in [0, 0.1) is 12.8 Å². The summed E-state index contributed by atoms with van der Waals surface area (Å²) in [5, 5.41) is 3.40. The van der Waals surface area contributed by atoms with Crippen LogP contribution < -0.4 is 15.8 Å². The molecule has 0 aliphatic carbocycles. The Morgan fingerprint density at radius 2 is 2.38 bits per heavy atom. The summed E-state index contributed by atoms with van der Waals surface area (Å²) in [6, 6.07) is 2.13. The lowest BCUT2D eigenvalue weighted by molar-refractivity contribution is 0.577. The Hall–Kier alpha value is -1.36. The normalized spacial score (nSPS) is 28.4. The molecule has 0 bridgehead atoms. The van der Waals surface area contributed by atoms with Crippen molar-refractivity contribution >= 4 is 5.82 Å². The van der Waals surface area contributed by atoms with Gasteiger partial charge in [0.1, 0.15) is 11.6 Å². The molecule has 3 heterocycles. The van der Waals surface area contributed by atoms with Crippen LogP contribution in [0.15, 0.2) is 10.9 Å². The molecule has 2 aliphatic rings. The lowest BCUT2D eigenvalue weighted by Crippen LogP contribution is -2.35. The predicted octanol–water partition coefficient (Wildman–Crippen LogP) is -0.124. The van der Waals surface area contributed by atoms with Crippen LogP contribution in [0.25, 0.3) is 0 Å². The van der Waals surface area contributed by atoms with E-state index in [1.807, 2.05) is 6.92 Å².